The van der Waals surface area contributed by atoms with Gasteiger partial charge in [0.05, 0.1) is 0 Å². The molecule has 0 aliphatic carbocycles. The predicted octanol–water partition coefficient (Wildman–Crippen LogP) is 2.54. The van der Waals surface area contributed by atoms with Crippen LogP contribution in [-0.2, 0) is 19.3 Å². The van der Waals surface area contributed by atoms with E-state index in [1.165, 1.54) is 64.7 Å². The molecule has 0 unspecified atom stereocenters. The van der Waals surface area contributed by atoms with Crippen molar-refractivity contribution in [2.24, 2.45) is 5.92 Å². The van der Waals surface area contributed by atoms with Crippen molar-refractivity contribution in [3.8, 4) is 0 Å². The fourth-order valence-corrected chi connectivity index (χ4v) is 4.21. The van der Waals surface area contributed by atoms with Gasteiger partial charge in [0, 0.05) is 18.8 Å². The second kappa shape index (κ2) is 4.82. The minimum absolute atomic E-state index is 0.910. The molecule has 1 aromatic rings. The van der Waals surface area contributed by atoms with E-state index in [-0.39, 0.29) is 0 Å². The normalized spacial score (nSPS) is 22.6. The van der Waals surface area contributed by atoms with E-state index >= 15 is 0 Å². The predicted molar refractivity (Wildman–Crippen MR) is 80.0 cm³/mol. The number of anilines is 1. The van der Waals surface area contributed by atoms with Gasteiger partial charge in [-0.1, -0.05) is 12.1 Å². The summed E-state index contributed by atoms with van der Waals surface area (Å²) < 4.78 is 0. The standard InChI is InChI=1S/C17H24N2/c1-2-15-11-14(10-13-3-6-18-7-4-13)12-16-5-9-19(8-1)17(15)16/h11-13,18H,1-10H2. The smallest absolute Gasteiger partial charge is 0.0432 e. The summed E-state index contributed by atoms with van der Waals surface area (Å²) in [5.74, 6) is 0.910. The van der Waals surface area contributed by atoms with Crippen LogP contribution < -0.4 is 10.2 Å². The van der Waals surface area contributed by atoms with Gasteiger partial charge in [0.2, 0.25) is 0 Å². The maximum atomic E-state index is 3.47. The zero-order chi connectivity index (χ0) is 12.7. The third-order valence-corrected chi connectivity index (χ3v) is 5.15. The Morgan fingerprint density at radius 3 is 2.68 bits per heavy atom. The monoisotopic (exact) mass is 256 g/mol. The molecule has 0 bridgehead atoms. The Bertz CT molecular complexity index is 474. The Balaban J connectivity index is 1.60. The highest BCUT2D eigenvalue weighted by Gasteiger charge is 2.26. The van der Waals surface area contributed by atoms with Crippen LogP contribution in [0, 0.1) is 5.92 Å². The summed E-state index contributed by atoms with van der Waals surface area (Å²) in [6.45, 7) is 4.99. The van der Waals surface area contributed by atoms with Crippen molar-refractivity contribution in [1.29, 1.82) is 0 Å². The van der Waals surface area contributed by atoms with Crippen molar-refractivity contribution in [3.05, 3.63) is 28.8 Å². The van der Waals surface area contributed by atoms with E-state index in [2.05, 4.69) is 22.3 Å². The molecule has 3 aliphatic heterocycles. The highest BCUT2D eigenvalue weighted by molar-refractivity contribution is 5.65. The van der Waals surface area contributed by atoms with Crippen LogP contribution in [0.25, 0.3) is 0 Å². The molecule has 1 aromatic carbocycles. The minimum Gasteiger partial charge on any atom is -0.371 e. The Labute approximate surface area is 116 Å². The van der Waals surface area contributed by atoms with Crippen LogP contribution in [-0.4, -0.2) is 26.2 Å². The van der Waals surface area contributed by atoms with E-state index in [1.807, 2.05) is 0 Å². The van der Waals surface area contributed by atoms with E-state index in [1.54, 1.807) is 22.4 Å². The number of nitrogens with zero attached hydrogens (tertiary/aromatic N) is 1. The van der Waals surface area contributed by atoms with Crippen LogP contribution in [0.2, 0.25) is 0 Å². The summed E-state index contributed by atoms with van der Waals surface area (Å²) in [6.07, 6.45) is 7.96. The molecule has 2 heteroatoms. The molecule has 0 aromatic heterocycles. The lowest BCUT2D eigenvalue weighted by molar-refractivity contribution is 0.372. The van der Waals surface area contributed by atoms with Gasteiger partial charge in [0.25, 0.3) is 0 Å². The maximum Gasteiger partial charge on any atom is 0.0432 e. The number of hydrogen-bond donors (Lipinski definition) is 1. The van der Waals surface area contributed by atoms with Crippen LogP contribution in [0.4, 0.5) is 5.69 Å². The summed E-state index contributed by atoms with van der Waals surface area (Å²) in [5, 5.41) is 3.47. The number of nitrogens with one attached hydrogen (secondary N) is 1. The van der Waals surface area contributed by atoms with Crippen LogP contribution in [0.15, 0.2) is 12.1 Å². The van der Waals surface area contributed by atoms with E-state index < -0.39 is 0 Å². The van der Waals surface area contributed by atoms with E-state index in [0.717, 1.165) is 5.92 Å². The quantitative estimate of drug-likeness (QED) is 0.875. The first-order chi connectivity index (χ1) is 9.40. The van der Waals surface area contributed by atoms with Crippen molar-refractivity contribution in [2.45, 2.75) is 38.5 Å². The molecule has 0 atom stereocenters. The number of rotatable bonds is 2. The van der Waals surface area contributed by atoms with Gasteiger partial charge in [0.1, 0.15) is 0 Å². The molecule has 2 nitrogen and oxygen atoms in total. The lowest BCUT2D eigenvalue weighted by atomic mass is 9.88. The molecule has 0 spiro atoms. The minimum atomic E-state index is 0.910. The molecule has 19 heavy (non-hydrogen) atoms. The first-order valence-electron chi connectivity index (χ1n) is 8.00. The summed E-state index contributed by atoms with van der Waals surface area (Å²) >= 11 is 0. The fraction of sp³-hybridized carbons (Fsp3) is 0.647. The van der Waals surface area contributed by atoms with Gasteiger partial charge in [0.15, 0.2) is 0 Å². The third-order valence-electron chi connectivity index (χ3n) is 5.15. The van der Waals surface area contributed by atoms with E-state index in [4.69, 9.17) is 0 Å². The van der Waals surface area contributed by atoms with Crippen molar-refractivity contribution < 1.29 is 0 Å². The zero-order valence-corrected chi connectivity index (χ0v) is 11.8. The summed E-state index contributed by atoms with van der Waals surface area (Å²) in [5.41, 5.74) is 6.51. The van der Waals surface area contributed by atoms with Gasteiger partial charge in [-0.15, -0.1) is 0 Å². The molecular weight excluding hydrogens is 232 g/mol. The van der Waals surface area contributed by atoms with Crippen LogP contribution in [0.1, 0.15) is 36.0 Å². The average molecular weight is 256 g/mol. The molecule has 0 saturated carbocycles. The third kappa shape index (κ3) is 2.16. The van der Waals surface area contributed by atoms with Crippen LogP contribution in [0.5, 0.6) is 0 Å². The van der Waals surface area contributed by atoms with Gasteiger partial charge >= 0.3 is 0 Å². The molecule has 4 rings (SSSR count). The molecule has 1 N–H and O–H groups in total. The first-order valence-corrected chi connectivity index (χ1v) is 8.00. The molecule has 0 amide bonds. The molecule has 1 fully saturated rings. The van der Waals surface area contributed by atoms with Crippen molar-refractivity contribution in [2.75, 3.05) is 31.1 Å². The Morgan fingerprint density at radius 1 is 1.05 bits per heavy atom. The average Bonchev–Trinajstić information content (AvgIpc) is 2.85. The van der Waals surface area contributed by atoms with Gasteiger partial charge in [-0.25, -0.2) is 0 Å². The highest BCUT2D eigenvalue weighted by atomic mass is 15.2. The lowest BCUT2D eigenvalue weighted by Crippen LogP contribution is -2.29. The Morgan fingerprint density at radius 2 is 1.84 bits per heavy atom. The van der Waals surface area contributed by atoms with Crippen LogP contribution in [0.3, 0.4) is 0 Å². The number of aryl methyl sites for hydroxylation is 1. The highest BCUT2D eigenvalue weighted by Crippen LogP contribution is 2.37. The lowest BCUT2D eigenvalue weighted by Gasteiger charge is -2.28. The second-order valence-electron chi connectivity index (χ2n) is 6.50. The fourth-order valence-electron chi connectivity index (χ4n) is 4.21. The molecule has 3 aliphatic rings. The van der Waals surface area contributed by atoms with E-state index in [0.29, 0.717) is 0 Å². The summed E-state index contributed by atoms with van der Waals surface area (Å²) in [7, 11) is 0. The molecular formula is C17H24N2. The second-order valence-corrected chi connectivity index (χ2v) is 6.50. The Kier molecular flexibility index (Phi) is 2.99. The SMILES string of the molecule is c1c(CC2CCNCC2)cc2c3c1CCCN3CC2. The van der Waals surface area contributed by atoms with Crippen LogP contribution >= 0.6 is 0 Å². The van der Waals surface area contributed by atoms with Crippen molar-refractivity contribution in [1.82, 2.24) is 5.32 Å². The summed E-state index contributed by atoms with van der Waals surface area (Å²) in [6, 6.07) is 5.05. The van der Waals surface area contributed by atoms with Gasteiger partial charge in [-0.05, 0) is 74.2 Å². The topological polar surface area (TPSA) is 15.3 Å². The van der Waals surface area contributed by atoms with Gasteiger partial charge in [-0.3, -0.25) is 0 Å². The molecule has 3 heterocycles. The molecule has 0 radical (unpaired) electrons. The summed E-state index contributed by atoms with van der Waals surface area (Å²) in [4.78, 5) is 2.61. The number of benzene rings is 1. The number of hydrogen-bond acceptors (Lipinski definition) is 2. The molecule has 1 saturated heterocycles. The van der Waals surface area contributed by atoms with E-state index in [9.17, 15) is 0 Å². The first kappa shape index (κ1) is 11.8. The van der Waals surface area contributed by atoms with Gasteiger partial charge in [-0.2, -0.15) is 0 Å². The van der Waals surface area contributed by atoms with Crippen molar-refractivity contribution >= 4 is 5.69 Å². The van der Waals surface area contributed by atoms with Gasteiger partial charge < -0.3 is 10.2 Å². The maximum absolute atomic E-state index is 3.47. The molecule has 102 valence electrons. The largest absolute Gasteiger partial charge is 0.371 e. The Hall–Kier alpha value is -1.02. The number of piperidine rings is 1. The van der Waals surface area contributed by atoms with Crippen molar-refractivity contribution in [3.63, 3.8) is 0 Å². The zero-order valence-electron chi connectivity index (χ0n) is 11.8.